The zero-order chi connectivity index (χ0) is 21.9. The van der Waals surface area contributed by atoms with Gasteiger partial charge in [-0.3, -0.25) is 9.89 Å². The first-order valence-electron chi connectivity index (χ1n) is 11.3. The summed E-state index contributed by atoms with van der Waals surface area (Å²) in [7, 11) is 4.02. The van der Waals surface area contributed by atoms with Gasteiger partial charge in [0.15, 0.2) is 5.96 Å². The van der Waals surface area contributed by atoms with E-state index in [9.17, 15) is 0 Å². The lowest BCUT2D eigenvalue weighted by Gasteiger charge is -2.30. The maximum Gasteiger partial charge on any atom is 0.191 e. The van der Waals surface area contributed by atoms with E-state index in [1.54, 1.807) is 0 Å². The molecule has 0 saturated carbocycles. The Bertz CT molecular complexity index is 811. The molecule has 1 saturated heterocycles. The molecule has 0 aromatic heterocycles. The van der Waals surface area contributed by atoms with Gasteiger partial charge in [-0.25, -0.2) is 0 Å². The van der Waals surface area contributed by atoms with E-state index in [0.29, 0.717) is 6.04 Å². The van der Waals surface area contributed by atoms with Crippen LogP contribution in [0.5, 0.6) is 0 Å². The van der Waals surface area contributed by atoms with Crippen LogP contribution in [0.2, 0.25) is 0 Å². The van der Waals surface area contributed by atoms with E-state index in [-0.39, 0.29) is 24.0 Å². The van der Waals surface area contributed by atoms with Crippen molar-refractivity contribution >= 4 is 35.6 Å². The fourth-order valence-corrected chi connectivity index (χ4v) is 3.82. The molecule has 0 spiro atoms. The summed E-state index contributed by atoms with van der Waals surface area (Å²) in [6.45, 7) is 8.34. The minimum atomic E-state index is 0. The third-order valence-corrected chi connectivity index (χ3v) is 5.90. The molecule has 0 aliphatic carbocycles. The molecule has 1 heterocycles. The van der Waals surface area contributed by atoms with Crippen LogP contribution in [0.25, 0.3) is 0 Å². The standard InChI is InChI=1S/C25H37N5O.HI/c1-21(29(3)20-22-9-5-4-6-10-22)13-14-27-25(26-2)28-19-23-11-7-8-12-24(23)30-15-17-31-18-16-30;/h4-12,21H,13-20H2,1-3H3,(H2,26,27,28);1H. The minimum Gasteiger partial charge on any atom is -0.378 e. The summed E-state index contributed by atoms with van der Waals surface area (Å²) < 4.78 is 5.50. The first kappa shape index (κ1) is 26.4. The maximum absolute atomic E-state index is 5.50. The lowest BCUT2D eigenvalue weighted by Crippen LogP contribution is -2.40. The number of morpholine rings is 1. The van der Waals surface area contributed by atoms with E-state index in [0.717, 1.165) is 58.3 Å². The number of aliphatic imine (C=N–C) groups is 1. The SMILES string of the molecule is CN=C(NCCC(C)N(C)Cc1ccccc1)NCc1ccccc1N1CCOCC1.I. The Hall–Kier alpha value is -1.84. The second-order valence-corrected chi connectivity index (χ2v) is 8.12. The van der Waals surface area contributed by atoms with Crippen molar-refractivity contribution in [3.63, 3.8) is 0 Å². The number of anilines is 1. The molecule has 0 bridgehead atoms. The zero-order valence-corrected chi connectivity index (χ0v) is 21.9. The molecule has 1 unspecified atom stereocenters. The Labute approximate surface area is 210 Å². The number of hydrogen-bond donors (Lipinski definition) is 2. The summed E-state index contributed by atoms with van der Waals surface area (Å²) in [4.78, 5) is 9.20. The van der Waals surface area contributed by atoms with E-state index in [1.165, 1.54) is 16.8 Å². The van der Waals surface area contributed by atoms with Gasteiger partial charge in [-0.05, 0) is 37.6 Å². The van der Waals surface area contributed by atoms with Gasteiger partial charge in [0.1, 0.15) is 0 Å². The van der Waals surface area contributed by atoms with Crippen molar-refractivity contribution in [1.82, 2.24) is 15.5 Å². The third-order valence-electron chi connectivity index (χ3n) is 5.90. The van der Waals surface area contributed by atoms with Crippen molar-refractivity contribution in [2.75, 3.05) is 51.8 Å². The minimum absolute atomic E-state index is 0. The monoisotopic (exact) mass is 551 g/mol. The molecule has 3 rings (SSSR count). The quantitative estimate of drug-likeness (QED) is 0.283. The average Bonchev–Trinajstić information content (AvgIpc) is 2.82. The Balaban J connectivity index is 0.00000363. The van der Waals surface area contributed by atoms with Crippen LogP contribution in [-0.4, -0.2) is 63.8 Å². The number of guanidine groups is 1. The van der Waals surface area contributed by atoms with Gasteiger partial charge in [-0.1, -0.05) is 48.5 Å². The smallest absolute Gasteiger partial charge is 0.191 e. The molecule has 2 N–H and O–H groups in total. The molecule has 1 fully saturated rings. The Morgan fingerprint density at radius 1 is 1.06 bits per heavy atom. The highest BCUT2D eigenvalue weighted by Crippen LogP contribution is 2.21. The van der Waals surface area contributed by atoms with Gasteiger partial charge in [0, 0.05) is 51.5 Å². The number of hydrogen-bond acceptors (Lipinski definition) is 4. The Kier molecular flexibility index (Phi) is 11.8. The first-order valence-corrected chi connectivity index (χ1v) is 11.3. The van der Waals surface area contributed by atoms with Gasteiger partial charge in [0.25, 0.3) is 0 Å². The molecule has 1 atom stereocenters. The summed E-state index contributed by atoms with van der Waals surface area (Å²) in [6.07, 6.45) is 1.05. The fraction of sp³-hybridized carbons (Fsp3) is 0.480. The number of ether oxygens (including phenoxy) is 1. The predicted octanol–water partition coefficient (Wildman–Crippen LogP) is 3.72. The zero-order valence-electron chi connectivity index (χ0n) is 19.6. The molecule has 2 aromatic rings. The molecule has 2 aromatic carbocycles. The molecular weight excluding hydrogens is 513 g/mol. The van der Waals surface area contributed by atoms with Gasteiger partial charge in [-0.2, -0.15) is 0 Å². The van der Waals surface area contributed by atoms with Crippen LogP contribution < -0.4 is 15.5 Å². The molecule has 176 valence electrons. The van der Waals surface area contributed by atoms with E-state index in [1.807, 2.05) is 7.05 Å². The van der Waals surface area contributed by atoms with Crippen LogP contribution in [0.1, 0.15) is 24.5 Å². The number of halogens is 1. The topological polar surface area (TPSA) is 52.1 Å². The Morgan fingerprint density at radius 3 is 2.47 bits per heavy atom. The van der Waals surface area contributed by atoms with Gasteiger partial charge in [0.05, 0.1) is 13.2 Å². The van der Waals surface area contributed by atoms with Gasteiger partial charge in [0.2, 0.25) is 0 Å². The molecule has 0 amide bonds. The molecule has 7 heteroatoms. The van der Waals surface area contributed by atoms with Crippen LogP contribution in [0.4, 0.5) is 5.69 Å². The van der Waals surface area contributed by atoms with E-state index in [2.05, 4.69) is 94.0 Å². The maximum atomic E-state index is 5.50. The van der Waals surface area contributed by atoms with Crippen LogP contribution in [0.3, 0.4) is 0 Å². The fourth-order valence-electron chi connectivity index (χ4n) is 3.82. The Morgan fingerprint density at radius 2 is 1.75 bits per heavy atom. The summed E-state index contributed by atoms with van der Waals surface area (Å²) in [5.74, 6) is 0.842. The summed E-state index contributed by atoms with van der Waals surface area (Å²) in [5.41, 5.74) is 3.91. The lowest BCUT2D eigenvalue weighted by atomic mass is 10.1. The lowest BCUT2D eigenvalue weighted by molar-refractivity contribution is 0.122. The van der Waals surface area contributed by atoms with E-state index < -0.39 is 0 Å². The van der Waals surface area contributed by atoms with Gasteiger partial charge in [-0.15, -0.1) is 24.0 Å². The summed E-state index contributed by atoms with van der Waals surface area (Å²) >= 11 is 0. The van der Waals surface area contributed by atoms with Crippen molar-refractivity contribution in [2.24, 2.45) is 4.99 Å². The van der Waals surface area contributed by atoms with Crippen LogP contribution in [-0.2, 0) is 17.8 Å². The summed E-state index contributed by atoms with van der Waals surface area (Å²) in [5, 5.41) is 6.94. The highest BCUT2D eigenvalue weighted by Gasteiger charge is 2.14. The second-order valence-electron chi connectivity index (χ2n) is 8.12. The van der Waals surface area contributed by atoms with Crippen molar-refractivity contribution in [3.05, 3.63) is 65.7 Å². The number of benzene rings is 2. The van der Waals surface area contributed by atoms with Gasteiger partial charge < -0.3 is 20.3 Å². The normalized spacial score (nSPS) is 15.2. The number of rotatable bonds is 9. The van der Waals surface area contributed by atoms with Crippen molar-refractivity contribution in [2.45, 2.75) is 32.5 Å². The van der Waals surface area contributed by atoms with Gasteiger partial charge >= 0.3 is 0 Å². The van der Waals surface area contributed by atoms with Crippen LogP contribution >= 0.6 is 24.0 Å². The predicted molar refractivity (Wildman–Crippen MR) is 145 cm³/mol. The number of nitrogens with zero attached hydrogens (tertiary/aromatic N) is 3. The average molecular weight is 552 g/mol. The highest BCUT2D eigenvalue weighted by atomic mass is 127. The molecule has 32 heavy (non-hydrogen) atoms. The van der Waals surface area contributed by atoms with E-state index in [4.69, 9.17) is 4.74 Å². The van der Waals surface area contributed by atoms with Crippen LogP contribution in [0, 0.1) is 0 Å². The number of nitrogens with one attached hydrogen (secondary N) is 2. The second kappa shape index (κ2) is 14.3. The van der Waals surface area contributed by atoms with Crippen LogP contribution in [0.15, 0.2) is 59.6 Å². The largest absolute Gasteiger partial charge is 0.378 e. The molecule has 6 nitrogen and oxygen atoms in total. The highest BCUT2D eigenvalue weighted by molar-refractivity contribution is 14.0. The molecule has 1 aliphatic heterocycles. The van der Waals surface area contributed by atoms with Crippen molar-refractivity contribution in [1.29, 1.82) is 0 Å². The molecule has 1 aliphatic rings. The van der Waals surface area contributed by atoms with Crippen molar-refractivity contribution in [3.8, 4) is 0 Å². The summed E-state index contributed by atoms with van der Waals surface area (Å²) in [6, 6.07) is 19.7. The third kappa shape index (κ3) is 8.26. The van der Waals surface area contributed by atoms with Crippen molar-refractivity contribution < 1.29 is 4.74 Å². The first-order chi connectivity index (χ1) is 15.2. The molecular formula is C25H38IN5O. The van der Waals surface area contributed by atoms with E-state index >= 15 is 0 Å². The number of para-hydroxylation sites is 1. The molecule has 0 radical (unpaired) electrons.